The third-order valence-corrected chi connectivity index (χ3v) is 5.62. The van der Waals surface area contributed by atoms with Crippen molar-refractivity contribution in [1.29, 1.82) is 0 Å². The van der Waals surface area contributed by atoms with E-state index in [1.54, 1.807) is 0 Å². The maximum atomic E-state index is 3.47. The average molecular weight is 326 g/mol. The van der Waals surface area contributed by atoms with Crippen molar-refractivity contribution in [2.75, 3.05) is 45.8 Å². The molecule has 0 atom stereocenters. The number of hydrogen-bond donors (Lipinski definition) is 2. The molecule has 106 valence electrons. The maximum absolute atomic E-state index is 3.47. The van der Waals surface area contributed by atoms with Crippen LogP contribution in [0.3, 0.4) is 0 Å². The Morgan fingerprint density at radius 3 is 2.32 bits per heavy atom. The summed E-state index contributed by atoms with van der Waals surface area (Å²) in [5.41, 5.74) is 0. The molecule has 0 aliphatic carbocycles. The van der Waals surface area contributed by atoms with Crippen LogP contribution >= 0.6 is 0 Å². The summed E-state index contributed by atoms with van der Waals surface area (Å²) in [6, 6.07) is 10.9. The molecule has 0 saturated carbocycles. The fourth-order valence-electron chi connectivity index (χ4n) is 2.23. The van der Waals surface area contributed by atoms with E-state index in [1.165, 1.54) is 35.8 Å². The number of rotatable bonds is 5. The Hall–Kier alpha value is -0.381. The fourth-order valence-corrected chi connectivity index (χ4v) is 4.03. The minimum atomic E-state index is 0.650. The molecular weight excluding hydrogens is 301 g/mol. The molecule has 2 rings (SSSR count). The first-order valence-electron chi connectivity index (χ1n) is 7.27. The molecule has 0 spiro atoms. The number of hydrogen-bond acceptors (Lipinski definition) is 3. The van der Waals surface area contributed by atoms with Gasteiger partial charge in [-0.25, -0.2) is 0 Å². The Labute approximate surface area is 123 Å². The van der Waals surface area contributed by atoms with Crippen LogP contribution in [0.15, 0.2) is 30.3 Å². The Morgan fingerprint density at radius 2 is 1.63 bits per heavy atom. The zero-order valence-corrected chi connectivity index (χ0v) is 13.3. The molecule has 0 unspecified atom stereocenters. The van der Waals surface area contributed by atoms with Crippen LogP contribution in [0.1, 0.15) is 6.42 Å². The van der Waals surface area contributed by atoms with Crippen molar-refractivity contribution in [3.8, 4) is 0 Å². The predicted molar refractivity (Wildman–Crippen MR) is 83.4 cm³/mol. The summed E-state index contributed by atoms with van der Waals surface area (Å²) in [6.07, 6.45) is 1.33. The molecule has 1 aromatic carbocycles. The van der Waals surface area contributed by atoms with Crippen LogP contribution in [-0.4, -0.2) is 65.7 Å². The second-order valence-corrected chi connectivity index (χ2v) is 7.31. The van der Waals surface area contributed by atoms with Crippen molar-refractivity contribution < 1.29 is 0 Å². The summed E-state index contributed by atoms with van der Waals surface area (Å²) in [5, 5.41) is 8.30. The summed E-state index contributed by atoms with van der Waals surface area (Å²) in [5.74, 6) is 0. The fraction of sp³-hybridized carbons (Fsp3) is 0.600. The van der Waals surface area contributed by atoms with Gasteiger partial charge in [0, 0.05) is 0 Å². The summed E-state index contributed by atoms with van der Waals surface area (Å²) < 4.78 is 1.53. The van der Waals surface area contributed by atoms with Gasteiger partial charge in [-0.1, -0.05) is 0 Å². The van der Waals surface area contributed by atoms with E-state index in [4.69, 9.17) is 0 Å². The first-order chi connectivity index (χ1) is 9.45. The summed E-state index contributed by atoms with van der Waals surface area (Å²) in [4.78, 5) is 2.59. The number of benzene rings is 1. The van der Waals surface area contributed by atoms with E-state index in [1.807, 2.05) is 0 Å². The van der Waals surface area contributed by atoms with Crippen LogP contribution in [0.4, 0.5) is 0 Å². The van der Waals surface area contributed by atoms with Gasteiger partial charge in [0.1, 0.15) is 0 Å². The summed E-state index contributed by atoms with van der Waals surface area (Å²) in [7, 11) is 0. The molecule has 1 aliphatic rings. The second-order valence-electron chi connectivity index (χ2n) is 4.86. The zero-order chi connectivity index (χ0) is 13.2. The van der Waals surface area contributed by atoms with Gasteiger partial charge >= 0.3 is 123 Å². The van der Waals surface area contributed by atoms with Gasteiger partial charge in [0.05, 0.1) is 0 Å². The van der Waals surface area contributed by atoms with Crippen LogP contribution < -0.4 is 15.1 Å². The van der Waals surface area contributed by atoms with Crippen LogP contribution in [0.2, 0.25) is 5.32 Å². The average Bonchev–Trinajstić information content (AvgIpc) is 2.58. The van der Waals surface area contributed by atoms with Crippen molar-refractivity contribution in [2.24, 2.45) is 0 Å². The number of nitrogens with zero attached hydrogens (tertiary/aromatic N) is 1. The first-order valence-corrected chi connectivity index (χ1v) is 9.33. The molecule has 0 radical (unpaired) electrons. The third kappa shape index (κ3) is 6.55. The summed E-state index contributed by atoms with van der Waals surface area (Å²) in [6.45, 7) is 8.10. The molecule has 1 saturated heterocycles. The third-order valence-electron chi connectivity index (χ3n) is 3.32. The molecule has 1 aromatic rings. The van der Waals surface area contributed by atoms with Crippen LogP contribution in [0.5, 0.6) is 0 Å². The van der Waals surface area contributed by atoms with Gasteiger partial charge in [0.2, 0.25) is 0 Å². The molecule has 4 heteroatoms. The van der Waals surface area contributed by atoms with Gasteiger partial charge in [0.25, 0.3) is 0 Å². The molecule has 0 bridgehead atoms. The normalized spacial score (nSPS) is 18.5. The molecule has 0 amide bonds. The predicted octanol–water partition coefficient (Wildman–Crippen LogP) is 0.319. The second kappa shape index (κ2) is 9.51. The van der Waals surface area contributed by atoms with E-state index in [9.17, 15) is 0 Å². The Bertz CT molecular complexity index is 321. The van der Waals surface area contributed by atoms with Gasteiger partial charge < -0.3 is 0 Å². The van der Waals surface area contributed by atoms with Crippen molar-refractivity contribution in [1.82, 2.24) is 15.5 Å². The van der Waals surface area contributed by atoms with Crippen LogP contribution in [-0.2, 0) is 0 Å². The van der Waals surface area contributed by atoms with Gasteiger partial charge in [-0.2, -0.15) is 0 Å². The SMILES string of the molecule is c1ccc([Se]CCCN2CCNCCNCC2)cc1. The van der Waals surface area contributed by atoms with E-state index in [2.05, 4.69) is 45.9 Å². The van der Waals surface area contributed by atoms with Gasteiger partial charge in [-0.3, -0.25) is 0 Å². The Balaban J connectivity index is 1.61. The Kier molecular flexibility index (Phi) is 7.52. The molecule has 2 N–H and O–H groups in total. The molecule has 1 aliphatic heterocycles. The van der Waals surface area contributed by atoms with Gasteiger partial charge in [0.15, 0.2) is 0 Å². The molecule has 19 heavy (non-hydrogen) atoms. The topological polar surface area (TPSA) is 27.3 Å². The van der Waals surface area contributed by atoms with Crippen LogP contribution in [0.25, 0.3) is 0 Å². The van der Waals surface area contributed by atoms with E-state index >= 15 is 0 Å². The molecule has 1 fully saturated rings. The van der Waals surface area contributed by atoms with Crippen LogP contribution in [0, 0.1) is 0 Å². The molecule has 1 heterocycles. The monoisotopic (exact) mass is 327 g/mol. The van der Waals surface area contributed by atoms with E-state index in [-0.39, 0.29) is 0 Å². The van der Waals surface area contributed by atoms with Crippen molar-refractivity contribution in [2.45, 2.75) is 11.7 Å². The van der Waals surface area contributed by atoms with Crippen molar-refractivity contribution in [3.63, 3.8) is 0 Å². The first kappa shape index (κ1) is 15.0. The van der Waals surface area contributed by atoms with E-state index in [0.29, 0.717) is 15.0 Å². The quantitative estimate of drug-likeness (QED) is 0.603. The van der Waals surface area contributed by atoms with Crippen molar-refractivity contribution in [3.05, 3.63) is 30.3 Å². The van der Waals surface area contributed by atoms with E-state index in [0.717, 1.165) is 26.2 Å². The number of nitrogens with one attached hydrogen (secondary N) is 2. The molecule has 3 nitrogen and oxygen atoms in total. The molecular formula is C15H25N3Se. The minimum absolute atomic E-state index is 0.650. The van der Waals surface area contributed by atoms with Gasteiger partial charge in [-0.05, 0) is 0 Å². The molecule has 0 aromatic heterocycles. The summed E-state index contributed by atoms with van der Waals surface area (Å²) >= 11 is 0.650. The Morgan fingerprint density at radius 1 is 0.947 bits per heavy atom. The zero-order valence-electron chi connectivity index (χ0n) is 11.6. The van der Waals surface area contributed by atoms with Crippen molar-refractivity contribution >= 4 is 19.4 Å². The van der Waals surface area contributed by atoms with Gasteiger partial charge in [-0.15, -0.1) is 0 Å². The van der Waals surface area contributed by atoms with E-state index < -0.39 is 0 Å². The standard InChI is InChI=1S/C15H25N3Se/c1-2-5-15(6-3-1)19-14-4-11-18-12-9-16-7-8-17-10-13-18/h1-3,5-6,16-17H,4,7-14H2.